The molecule has 0 saturated heterocycles. The Bertz CT molecular complexity index is 377. The first-order valence-corrected chi connectivity index (χ1v) is 7.01. The van der Waals surface area contributed by atoms with E-state index in [0.717, 1.165) is 0 Å². The van der Waals surface area contributed by atoms with Gasteiger partial charge in [0.15, 0.2) is 0 Å². The van der Waals surface area contributed by atoms with Crippen LogP contribution in [0.15, 0.2) is 0 Å². The third kappa shape index (κ3) is 3.98. The number of halogens is 1. The Balaban J connectivity index is 2.00. The molecule has 6 heteroatoms. The van der Waals surface area contributed by atoms with Crippen LogP contribution in [-0.2, 0) is 0 Å². The van der Waals surface area contributed by atoms with Crippen LogP contribution in [0.2, 0.25) is 5.28 Å². The Kier molecular flexibility index (Phi) is 4.99. The molecule has 1 fully saturated rings. The zero-order chi connectivity index (χ0) is 12.8. The van der Waals surface area contributed by atoms with Crippen molar-refractivity contribution in [2.75, 3.05) is 17.7 Å². The van der Waals surface area contributed by atoms with E-state index in [9.17, 15) is 0 Å². The number of rotatable bonds is 3. The summed E-state index contributed by atoms with van der Waals surface area (Å²) in [6, 6.07) is 0.452. The van der Waals surface area contributed by atoms with Gasteiger partial charge >= 0.3 is 0 Å². The SMILES string of the molecule is CNc1nc(Cl)nc(NC2CCCCCCC2)n1. The van der Waals surface area contributed by atoms with Gasteiger partial charge in [-0.25, -0.2) is 0 Å². The van der Waals surface area contributed by atoms with Gasteiger partial charge in [0.1, 0.15) is 0 Å². The molecule has 5 nitrogen and oxygen atoms in total. The second-order valence-corrected chi connectivity index (χ2v) is 5.03. The monoisotopic (exact) mass is 269 g/mol. The molecule has 0 atom stereocenters. The van der Waals surface area contributed by atoms with Crippen LogP contribution in [0.5, 0.6) is 0 Å². The van der Waals surface area contributed by atoms with Crippen molar-refractivity contribution in [3.63, 3.8) is 0 Å². The molecule has 0 aliphatic heterocycles. The third-order valence-corrected chi connectivity index (χ3v) is 3.44. The molecule has 0 spiro atoms. The summed E-state index contributed by atoms with van der Waals surface area (Å²) in [5, 5.41) is 6.48. The largest absolute Gasteiger partial charge is 0.357 e. The fourth-order valence-electron chi connectivity index (χ4n) is 2.31. The number of anilines is 2. The first kappa shape index (κ1) is 13.3. The average Bonchev–Trinajstić information content (AvgIpc) is 2.31. The summed E-state index contributed by atoms with van der Waals surface area (Å²) in [7, 11) is 1.77. The van der Waals surface area contributed by atoms with Gasteiger partial charge in [0.2, 0.25) is 17.2 Å². The van der Waals surface area contributed by atoms with Gasteiger partial charge in [-0.3, -0.25) is 0 Å². The van der Waals surface area contributed by atoms with Crippen molar-refractivity contribution in [3.8, 4) is 0 Å². The van der Waals surface area contributed by atoms with Crippen molar-refractivity contribution in [3.05, 3.63) is 5.28 Å². The van der Waals surface area contributed by atoms with E-state index in [2.05, 4.69) is 25.6 Å². The van der Waals surface area contributed by atoms with E-state index < -0.39 is 0 Å². The fourth-order valence-corrected chi connectivity index (χ4v) is 2.47. The van der Waals surface area contributed by atoms with Crippen LogP contribution in [0.3, 0.4) is 0 Å². The second kappa shape index (κ2) is 6.73. The van der Waals surface area contributed by atoms with Crippen molar-refractivity contribution in [1.29, 1.82) is 0 Å². The summed E-state index contributed by atoms with van der Waals surface area (Å²) < 4.78 is 0. The molecule has 2 N–H and O–H groups in total. The molecule has 1 aliphatic carbocycles. The highest BCUT2D eigenvalue weighted by Gasteiger charge is 2.13. The normalized spacial score (nSPS) is 17.9. The van der Waals surface area contributed by atoms with Gasteiger partial charge < -0.3 is 10.6 Å². The lowest BCUT2D eigenvalue weighted by molar-refractivity contribution is 0.470. The van der Waals surface area contributed by atoms with Gasteiger partial charge in [-0.1, -0.05) is 32.1 Å². The average molecular weight is 270 g/mol. The minimum atomic E-state index is 0.225. The highest BCUT2D eigenvalue weighted by molar-refractivity contribution is 6.28. The maximum absolute atomic E-state index is 5.86. The predicted molar refractivity (Wildman–Crippen MR) is 74.1 cm³/mol. The van der Waals surface area contributed by atoms with E-state index in [-0.39, 0.29) is 5.28 Å². The minimum Gasteiger partial charge on any atom is -0.357 e. The number of aromatic nitrogens is 3. The second-order valence-electron chi connectivity index (χ2n) is 4.69. The summed E-state index contributed by atoms with van der Waals surface area (Å²) in [5.74, 6) is 1.08. The maximum Gasteiger partial charge on any atom is 0.229 e. The molecule has 1 aromatic rings. The Labute approximate surface area is 113 Å². The first-order valence-electron chi connectivity index (χ1n) is 6.64. The molecule has 1 saturated carbocycles. The van der Waals surface area contributed by atoms with E-state index in [0.29, 0.717) is 17.9 Å². The summed E-state index contributed by atoms with van der Waals surface area (Å²) in [5.41, 5.74) is 0. The Hall–Kier alpha value is -1.10. The molecule has 2 rings (SSSR count). The van der Waals surface area contributed by atoms with Crippen LogP contribution >= 0.6 is 11.6 Å². The molecule has 0 bridgehead atoms. The lowest BCUT2D eigenvalue weighted by atomic mass is 9.97. The van der Waals surface area contributed by atoms with Gasteiger partial charge in [-0.15, -0.1) is 0 Å². The van der Waals surface area contributed by atoms with Crippen molar-refractivity contribution in [2.45, 2.75) is 51.0 Å². The van der Waals surface area contributed by atoms with Crippen LogP contribution in [-0.4, -0.2) is 28.0 Å². The van der Waals surface area contributed by atoms with E-state index in [1.807, 2.05) is 0 Å². The molecule has 1 aliphatic rings. The van der Waals surface area contributed by atoms with Crippen LogP contribution in [0, 0.1) is 0 Å². The number of nitrogens with zero attached hydrogens (tertiary/aromatic N) is 3. The third-order valence-electron chi connectivity index (χ3n) is 3.27. The van der Waals surface area contributed by atoms with Crippen LogP contribution in [0.25, 0.3) is 0 Å². The van der Waals surface area contributed by atoms with Crippen LogP contribution in [0.1, 0.15) is 44.9 Å². The summed E-state index contributed by atoms with van der Waals surface area (Å²) in [6.07, 6.45) is 8.94. The molecule has 18 heavy (non-hydrogen) atoms. The van der Waals surface area contributed by atoms with Gasteiger partial charge in [-0.2, -0.15) is 15.0 Å². The highest BCUT2D eigenvalue weighted by atomic mass is 35.5. The maximum atomic E-state index is 5.86. The molecule has 100 valence electrons. The van der Waals surface area contributed by atoms with Gasteiger partial charge in [-0.05, 0) is 24.4 Å². The van der Waals surface area contributed by atoms with Gasteiger partial charge in [0.05, 0.1) is 0 Å². The lowest BCUT2D eigenvalue weighted by Crippen LogP contribution is -2.22. The van der Waals surface area contributed by atoms with E-state index in [1.165, 1.54) is 44.9 Å². The van der Waals surface area contributed by atoms with E-state index in [1.54, 1.807) is 7.05 Å². The molecular weight excluding hydrogens is 250 g/mol. The Morgan fingerprint density at radius 3 is 2.22 bits per heavy atom. The zero-order valence-electron chi connectivity index (χ0n) is 10.7. The Morgan fingerprint density at radius 2 is 1.56 bits per heavy atom. The number of hydrogen-bond acceptors (Lipinski definition) is 5. The summed E-state index contributed by atoms with van der Waals surface area (Å²) >= 11 is 5.86. The Morgan fingerprint density at radius 1 is 0.944 bits per heavy atom. The topological polar surface area (TPSA) is 62.7 Å². The first-order chi connectivity index (χ1) is 8.78. The molecule has 1 heterocycles. The molecule has 0 unspecified atom stereocenters. The molecule has 0 aromatic carbocycles. The lowest BCUT2D eigenvalue weighted by Gasteiger charge is -2.21. The highest BCUT2D eigenvalue weighted by Crippen LogP contribution is 2.20. The molecule has 0 amide bonds. The minimum absolute atomic E-state index is 0.225. The van der Waals surface area contributed by atoms with Gasteiger partial charge in [0.25, 0.3) is 0 Å². The quantitative estimate of drug-likeness (QED) is 0.883. The van der Waals surface area contributed by atoms with Crippen molar-refractivity contribution >= 4 is 23.5 Å². The van der Waals surface area contributed by atoms with E-state index >= 15 is 0 Å². The molecule has 0 radical (unpaired) electrons. The zero-order valence-corrected chi connectivity index (χ0v) is 11.5. The summed E-state index contributed by atoms with van der Waals surface area (Å²) in [4.78, 5) is 12.4. The van der Waals surface area contributed by atoms with Crippen LogP contribution in [0.4, 0.5) is 11.9 Å². The predicted octanol–water partition coefficient (Wildman–Crippen LogP) is 3.09. The molecular formula is C12H20ClN5. The van der Waals surface area contributed by atoms with Crippen LogP contribution < -0.4 is 10.6 Å². The van der Waals surface area contributed by atoms with E-state index in [4.69, 9.17) is 11.6 Å². The number of hydrogen-bond donors (Lipinski definition) is 2. The van der Waals surface area contributed by atoms with Crippen molar-refractivity contribution in [2.24, 2.45) is 0 Å². The fraction of sp³-hybridized carbons (Fsp3) is 0.750. The van der Waals surface area contributed by atoms with Gasteiger partial charge in [0, 0.05) is 13.1 Å². The molecule has 1 aromatic heterocycles. The van der Waals surface area contributed by atoms with Crippen molar-refractivity contribution < 1.29 is 0 Å². The summed E-state index contributed by atoms with van der Waals surface area (Å²) in [6.45, 7) is 0. The smallest absolute Gasteiger partial charge is 0.229 e. The standard InChI is InChI=1S/C12H20ClN5/c1-14-11-16-10(13)17-12(18-11)15-9-7-5-3-2-4-6-8-9/h9H,2-8H2,1H3,(H2,14,15,16,17,18). The van der Waals surface area contributed by atoms with Crippen molar-refractivity contribution in [1.82, 2.24) is 15.0 Å². The number of nitrogens with one attached hydrogen (secondary N) is 2.